The summed E-state index contributed by atoms with van der Waals surface area (Å²) in [6.07, 6.45) is 1.40. The van der Waals surface area contributed by atoms with E-state index < -0.39 is 22.5 Å². The second-order valence-corrected chi connectivity index (χ2v) is 9.74. The fraction of sp³-hybridized carbons (Fsp3) is 0.130. The first-order chi connectivity index (χ1) is 15.3. The summed E-state index contributed by atoms with van der Waals surface area (Å²) in [5.74, 6) is -0.601. The van der Waals surface area contributed by atoms with E-state index in [1.54, 1.807) is 60.7 Å². The molecule has 9 heteroatoms. The zero-order valence-electron chi connectivity index (χ0n) is 17.2. The molecule has 0 fully saturated rings. The minimum Gasteiger partial charge on any atom is -0.272 e. The molecular weight excluding hydrogens is 469 g/mol. The van der Waals surface area contributed by atoms with Crippen LogP contribution in [0.25, 0.3) is 0 Å². The zero-order valence-corrected chi connectivity index (χ0v) is 19.5. The highest BCUT2D eigenvalue weighted by Crippen LogP contribution is 2.22. The van der Waals surface area contributed by atoms with Gasteiger partial charge in [-0.05, 0) is 36.8 Å². The molecule has 0 aromatic heterocycles. The first-order valence-corrected chi connectivity index (χ1v) is 11.8. The molecule has 0 saturated carbocycles. The van der Waals surface area contributed by atoms with Crippen molar-refractivity contribution in [3.8, 4) is 0 Å². The Morgan fingerprint density at radius 3 is 2.25 bits per heavy atom. The van der Waals surface area contributed by atoms with E-state index in [9.17, 15) is 13.2 Å². The van der Waals surface area contributed by atoms with Crippen LogP contribution < -0.4 is 5.43 Å². The highest BCUT2D eigenvalue weighted by molar-refractivity contribution is 7.89. The molecule has 32 heavy (non-hydrogen) atoms. The van der Waals surface area contributed by atoms with Crippen molar-refractivity contribution in [3.63, 3.8) is 0 Å². The lowest BCUT2D eigenvalue weighted by molar-refractivity contribution is -0.121. The van der Waals surface area contributed by atoms with E-state index in [0.29, 0.717) is 21.2 Å². The van der Waals surface area contributed by atoms with Crippen molar-refractivity contribution in [1.82, 2.24) is 9.73 Å². The zero-order chi connectivity index (χ0) is 23.1. The molecule has 3 aromatic carbocycles. The third-order valence-electron chi connectivity index (χ3n) is 4.58. The number of sulfonamides is 1. The van der Waals surface area contributed by atoms with Crippen LogP contribution in [0.4, 0.5) is 0 Å². The Balaban J connectivity index is 1.82. The predicted molar refractivity (Wildman–Crippen MR) is 127 cm³/mol. The Morgan fingerprint density at radius 2 is 1.59 bits per heavy atom. The molecule has 0 saturated heterocycles. The number of nitrogens with zero attached hydrogens (tertiary/aromatic N) is 2. The standard InChI is InChI=1S/C23H21Cl2N3O3S/c1-17-10-12-20(13-11-17)32(30,31)28(15-19-7-3-5-9-22(19)25)16-23(29)27-26-14-18-6-2-4-8-21(18)24/h2-14H,15-16H2,1H3,(H,27,29)/b26-14-. The van der Waals surface area contributed by atoms with Gasteiger partial charge in [-0.25, -0.2) is 13.8 Å². The average Bonchev–Trinajstić information content (AvgIpc) is 2.76. The molecule has 1 N–H and O–H groups in total. The molecular formula is C23H21Cl2N3O3S. The van der Waals surface area contributed by atoms with Crippen LogP contribution in [0.15, 0.2) is 82.8 Å². The predicted octanol–water partition coefficient (Wildman–Crippen LogP) is 4.64. The Bertz CT molecular complexity index is 1230. The van der Waals surface area contributed by atoms with Gasteiger partial charge < -0.3 is 0 Å². The Hall–Kier alpha value is -2.71. The maximum atomic E-state index is 13.3. The van der Waals surface area contributed by atoms with Gasteiger partial charge in [0.05, 0.1) is 17.7 Å². The largest absolute Gasteiger partial charge is 0.272 e. The molecule has 0 bridgehead atoms. The lowest BCUT2D eigenvalue weighted by atomic mass is 10.2. The van der Waals surface area contributed by atoms with Gasteiger partial charge in [-0.2, -0.15) is 9.41 Å². The van der Waals surface area contributed by atoms with Crippen LogP contribution >= 0.6 is 23.2 Å². The molecule has 0 aliphatic carbocycles. The number of hydrazone groups is 1. The molecule has 0 atom stereocenters. The molecule has 166 valence electrons. The topological polar surface area (TPSA) is 78.8 Å². The number of carbonyl (C=O) groups is 1. The maximum absolute atomic E-state index is 13.3. The lowest BCUT2D eigenvalue weighted by Gasteiger charge is -2.22. The first kappa shape index (κ1) is 23.9. The summed E-state index contributed by atoms with van der Waals surface area (Å²) < 4.78 is 27.6. The van der Waals surface area contributed by atoms with Crippen molar-refractivity contribution < 1.29 is 13.2 Å². The van der Waals surface area contributed by atoms with Gasteiger partial charge >= 0.3 is 0 Å². The van der Waals surface area contributed by atoms with Gasteiger partial charge in [-0.1, -0.05) is 77.3 Å². The van der Waals surface area contributed by atoms with Crippen LogP contribution in [0.3, 0.4) is 0 Å². The SMILES string of the molecule is Cc1ccc(S(=O)(=O)N(CC(=O)N/N=C\c2ccccc2Cl)Cc2ccccc2Cl)cc1. The summed E-state index contributed by atoms with van der Waals surface area (Å²) in [7, 11) is -3.97. The van der Waals surface area contributed by atoms with Crippen LogP contribution in [0.5, 0.6) is 0 Å². The molecule has 3 rings (SSSR count). The highest BCUT2D eigenvalue weighted by Gasteiger charge is 2.27. The van der Waals surface area contributed by atoms with Crippen molar-refractivity contribution in [2.24, 2.45) is 5.10 Å². The number of nitrogens with one attached hydrogen (secondary N) is 1. The van der Waals surface area contributed by atoms with Crippen LogP contribution in [-0.2, 0) is 21.4 Å². The third kappa shape index (κ3) is 6.17. The second-order valence-electron chi connectivity index (χ2n) is 6.99. The smallest absolute Gasteiger partial charge is 0.255 e. The van der Waals surface area contributed by atoms with E-state index in [1.165, 1.54) is 18.3 Å². The summed E-state index contributed by atoms with van der Waals surface area (Å²) in [5.41, 5.74) is 4.48. The van der Waals surface area contributed by atoms with Crippen molar-refractivity contribution in [2.75, 3.05) is 6.54 Å². The Morgan fingerprint density at radius 1 is 0.969 bits per heavy atom. The fourth-order valence-corrected chi connectivity index (χ4v) is 4.61. The number of aryl methyl sites for hydroxylation is 1. The van der Waals surface area contributed by atoms with Gasteiger partial charge in [0.25, 0.3) is 5.91 Å². The lowest BCUT2D eigenvalue weighted by Crippen LogP contribution is -2.39. The highest BCUT2D eigenvalue weighted by atomic mass is 35.5. The second kappa shape index (κ2) is 10.7. The van der Waals surface area contributed by atoms with Crippen LogP contribution in [0.2, 0.25) is 10.0 Å². The van der Waals surface area contributed by atoms with Gasteiger partial charge in [-0.15, -0.1) is 0 Å². The van der Waals surface area contributed by atoms with Crippen molar-refractivity contribution in [3.05, 3.63) is 99.5 Å². The molecule has 6 nitrogen and oxygen atoms in total. The maximum Gasteiger partial charge on any atom is 0.255 e. The van der Waals surface area contributed by atoms with Crippen LogP contribution in [-0.4, -0.2) is 31.4 Å². The number of hydrogen-bond acceptors (Lipinski definition) is 4. The molecule has 0 heterocycles. The van der Waals surface area contributed by atoms with Gasteiger partial charge in [-0.3, -0.25) is 4.79 Å². The van der Waals surface area contributed by atoms with E-state index in [2.05, 4.69) is 10.5 Å². The summed E-state index contributed by atoms with van der Waals surface area (Å²) in [6, 6.07) is 20.3. The van der Waals surface area contributed by atoms with E-state index in [0.717, 1.165) is 9.87 Å². The summed E-state index contributed by atoms with van der Waals surface area (Å²) in [6.45, 7) is 1.35. The number of benzene rings is 3. The number of hydrogen-bond donors (Lipinski definition) is 1. The molecule has 0 unspecified atom stereocenters. The summed E-state index contributed by atoms with van der Waals surface area (Å²) in [4.78, 5) is 12.6. The van der Waals surface area contributed by atoms with Crippen LogP contribution in [0, 0.1) is 6.92 Å². The molecule has 0 radical (unpaired) electrons. The average molecular weight is 490 g/mol. The minimum atomic E-state index is -3.97. The number of amides is 1. The third-order valence-corrected chi connectivity index (χ3v) is 7.10. The van der Waals surface area contributed by atoms with Crippen molar-refractivity contribution in [1.29, 1.82) is 0 Å². The van der Waals surface area contributed by atoms with Crippen molar-refractivity contribution in [2.45, 2.75) is 18.4 Å². The van der Waals surface area contributed by atoms with Gasteiger partial charge in [0, 0.05) is 22.2 Å². The Labute approximate surface area is 197 Å². The molecule has 0 aliphatic heterocycles. The quantitative estimate of drug-likeness (QED) is 0.369. The number of rotatable bonds is 8. The van der Waals surface area contributed by atoms with Crippen LogP contribution in [0.1, 0.15) is 16.7 Å². The van der Waals surface area contributed by atoms with E-state index >= 15 is 0 Å². The van der Waals surface area contributed by atoms with Gasteiger partial charge in [0.2, 0.25) is 10.0 Å². The van der Waals surface area contributed by atoms with Crippen molar-refractivity contribution >= 4 is 45.3 Å². The summed E-state index contributed by atoms with van der Waals surface area (Å²) in [5, 5.41) is 4.78. The van der Waals surface area contributed by atoms with Gasteiger partial charge in [0.1, 0.15) is 0 Å². The normalized spacial score (nSPS) is 11.8. The number of halogens is 2. The molecule has 3 aromatic rings. The van der Waals surface area contributed by atoms with E-state index in [-0.39, 0.29) is 11.4 Å². The summed E-state index contributed by atoms with van der Waals surface area (Å²) >= 11 is 12.3. The van der Waals surface area contributed by atoms with E-state index in [4.69, 9.17) is 23.2 Å². The number of carbonyl (C=O) groups excluding carboxylic acids is 1. The molecule has 0 spiro atoms. The van der Waals surface area contributed by atoms with E-state index in [1.807, 2.05) is 6.92 Å². The monoisotopic (exact) mass is 489 g/mol. The fourth-order valence-electron chi connectivity index (χ4n) is 2.85. The molecule has 0 aliphatic rings. The minimum absolute atomic E-state index is 0.0719. The Kier molecular flexibility index (Phi) is 8.04. The van der Waals surface area contributed by atoms with Gasteiger partial charge in [0.15, 0.2) is 0 Å². The molecule has 1 amide bonds. The first-order valence-electron chi connectivity index (χ1n) is 9.64.